The summed E-state index contributed by atoms with van der Waals surface area (Å²) in [5.74, 6) is 1.51. The fourth-order valence-corrected chi connectivity index (χ4v) is 2.69. The molecule has 1 aliphatic heterocycles. The molecule has 2 nitrogen and oxygen atoms in total. The van der Waals surface area contributed by atoms with Crippen molar-refractivity contribution in [3.05, 3.63) is 28.8 Å². The summed E-state index contributed by atoms with van der Waals surface area (Å²) in [4.78, 5) is 0. The molecule has 0 atom stereocenters. The van der Waals surface area contributed by atoms with Crippen molar-refractivity contribution in [1.82, 2.24) is 0 Å². The van der Waals surface area contributed by atoms with Gasteiger partial charge in [0.2, 0.25) is 0 Å². The molecule has 1 fully saturated rings. The predicted molar refractivity (Wildman–Crippen MR) is 65.7 cm³/mol. The standard InChI is InChI=1S/C13H17ClO2/c1-9-4-10(2)12(11(5-9)15-3)13(6-14)7-16-8-13/h4-5H,6-8H2,1-3H3. The molecule has 0 unspecified atom stereocenters. The first-order chi connectivity index (χ1) is 7.63. The van der Waals surface area contributed by atoms with Crippen LogP contribution in [0.3, 0.4) is 0 Å². The maximum atomic E-state index is 6.10. The number of alkyl halides is 1. The number of rotatable bonds is 3. The van der Waals surface area contributed by atoms with Crippen LogP contribution < -0.4 is 4.74 Å². The zero-order valence-corrected chi connectivity index (χ0v) is 10.7. The van der Waals surface area contributed by atoms with Crippen LogP contribution in [0.15, 0.2) is 12.1 Å². The molecule has 88 valence electrons. The molecule has 1 heterocycles. The quantitative estimate of drug-likeness (QED) is 0.757. The fourth-order valence-electron chi connectivity index (χ4n) is 2.41. The molecule has 0 aromatic heterocycles. The summed E-state index contributed by atoms with van der Waals surface area (Å²) < 4.78 is 10.8. The minimum atomic E-state index is -0.0509. The van der Waals surface area contributed by atoms with E-state index in [4.69, 9.17) is 21.1 Å². The molecule has 0 amide bonds. The summed E-state index contributed by atoms with van der Waals surface area (Å²) >= 11 is 6.10. The lowest BCUT2D eigenvalue weighted by Crippen LogP contribution is -2.49. The van der Waals surface area contributed by atoms with Gasteiger partial charge in [-0.3, -0.25) is 0 Å². The second-order valence-corrected chi connectivity index (χ2v) is 4.83. The van der Waals surface area contributed by atoms with Crippen LogP contribution in [0.2, 0.25) is 0 Å². The Labute approximate surface area is 102 Å². The Morgan fingerprint density at radius 2 is 2.06 bits per heavy atom. The van der Waals surface area contributed by atoms with Crippen molar-refractivity contribution in [3.8, 4) is 5.75 Å². The van der Waals surface area contributed by atoms with Crippen LogP contribution in [0, 0.1) is 13.8 Å². The van der Waals surface area contributed by atoms with Crippen LogP contribution in [-0.2, 0) is 10.2 Å². The summed E-state index contributed by atoms with van der Waals surface area (Å²) in [6, 6.07) is 4.24. The normalized spacial score (nSPS) is 18.0. The van der Waals surface area contributed by atoms with Crippen molar-refractivity contribution in [2.24, 2.45) is 0 Å². The van der Waals surface area contributed by atoms with E-state index in [1.807, 2.05) is 0 Å². The van der Waals surface area contributed by atoms with Gasteiger partial charge in [0, 0.05) is 11.4 Å². The number of ether oxygens (including phenoxy) is 2. The second-order valence-electron chi connectivity index (χ2n) is 4.57. The molecule has 0 radical (unpaired) electrons. The Balaban J connectivity index is 2.54. The van der Waals surface area contributed by atoms with E-state index in [9.17, 15) is 0 Å². The first-order valence-corrected chi connectivity index (χ1v) is 5.96. The molecular weight excluding hydrogens is 224 g/mol. The lowest BCUT2D eigenvalue weighted by molar-refractivity contribution is -0.0492. The average molecular weight is 241 g/mol. The Bertz CT molecular complexity index is 392. The van der Waals surface area contributed by atoms with Crippen LogP contribution in [0.5, 0.6) is 5.75 Å². The van der Waals surface area contributed by atoms with Crippen LogP contribution in [-0.4, -0.2) is 26.2 Å². The number of hydrogen-bond donors (Lipinski definition) is 0. The third-order valence-corrected chi connectivity index (χ3v) is 3.72. The lowest BCUT2D eigenvalue weighted by Gasteiger charge is -2.42. The molecule has 1 saturated heterocycles. The molecule has 16 heavy (non-hydrogen) atoms. The largest absolute Gasteiger partial charge is 0.496 e. The van der Waals surface area contributed by atoms with Gasteiger partial charge in [-0.15, -0.1) is 11.6 Å². The first kappa shape index (κ1) is 11.7. The zero-order chi connectivity index (χ0) is 11.8. The summed E-state index contributed by atoms with van der Waals surface area (Å²) in [5, 5.41) is 0. The molecule has 1 aromatic carbocycles. The van der Waals surface area contributed by atoms with Gasteiger partial charge in [0.05, 0.1) is 25.7 Å². The number of hydrogen-bond acceptors (Lipinski definition) is 2. The van der Waals surface area contributed by atoms with Gasteiger partial charge in [0.15, 0.2) is 0 Å². The van der Waals surface area contributed by atoms with E-state index in [0.29, 0.717) is 19.1 Å². The summed E-state index contributed by atoms with van der Waals surface area (Å²) in [7, 11) is 1.71. The Morgan fingerprint density at radius 1 is 1.38 bits per heavy atom. The maximum Gasteiger partial charge on any atom is 0.123 e. The lowest BCUT2D eigenvalue weighted by atomic mass is 9.77. The highest BCUT2D eigenvalue weighted by Gasteiger charge is 2.42. The molecule has 3 heteroatoms. The predicted octanol–water partition coefficient (Wildman–Crippen LogP) is 2.82. The first-order valence-electron chi connectivity index (χ1n) is 5.42. The third-order valence-electron chi connectivity index (χ3n) is 3.21. The summed E-state index contributed by atoms with van der Waals surface area (Å²) in [5.41, 5.74) is 3.61. The van der Waals surface area contributed by atoms with Crippen LogP contribution in [0.25, 0.3) is 0 Å². The van der Waals surface area contributed by atoms with E-state index in [0.717, 1.165) is 5.75 Å². The number of halogens is 1. The number of benzene rings is 1. The third kappa shape index (κ3) is 1.70. The van der Waals surface area contributed by atoms with Crippen molar-refractivity contribution in [2.75, 3.05) is 26.2 Å². The molecule has 0 bridgehead atoms. The SMILES string of the molecule is COc1cc(C)cc(C)c1C1(CCl)COC1. The molecule has 0 N–H and O–H groups in total. The van der Waals surface area contributed by atoms with E-state index >= 15 is 0 Å². The Hall–Kier alpha value is -0.730. The van der Waals surface area contributed by atoms with Crippen molar-refractivity contribution in [2.45, 2.75) is 19.3 Å². The van der Waals surface area contributed by atoms with Crippen molar-refractivity contribution < 1.29 is 9.47 Å². The van der Waals surface area contributed by atoms with Gasteiger partial charge in [-0.25, -0.2) is 0 Å². The summed E-state index contributed by atoms with van der Waals surface area (Å²) in [6.45, 7) is 5.56. The molecular formula is C13H17ClO2. The summed E-state index contributed by atoms with van der Waals surface area (Å²) in [6.07, 6.45) is 0. The number of methoxy groups -OCH3 is 1. The maximum absolute atomic E-state index is 6.10. The topological polar surface area (TPSA) is 18.5 Å². The molecule has 0 aliphatic carbocycles. The highest BCUT2D eigenvalue weighted by molar-refractivity contribution is 6.18. The smallest absolute Gasteiger partial charge is 0.123 e. The fraction of sp³-hybridized carbons (Fsp3) is 0.538. The van der Waals surface area contributed by atoms with E-state index in [1.165, 1.54) is 16.7 Å². The molecule has 0 saturated carbocycles. The van der Waals surface area contributed by atoms with E-state index in [1.54, 1.807) is 7.11 Å². The average Bonchev–Trinajstić information content (AvgIpc) is 2.19. The van der Waals surface area contributed by atoms with Crippen molar-refractivity contribution >= 4 is 11.6 Å². The Morgan fingerprint density at radius 3 is 2.50 bits per heavy atom. The van der Waals surface area contributed by atoms with Gasteiger partial charge in [-0.1, -0.05) is 6.07 Å². The molecule has 0 spiro atoms. The highest BCUT2D eigenvalue weighted by atomic mass is 35.5. The van der Waals surface area contributed by atoms with Gasteiger partial charge >= 0.3 is 0 Å². The van der Waals surface area contributed by atoms with E-state index in [-0.39, 0.29) is 5.41 Å². The van der Waals surface area contributed by atoms with Gasteiger partial charge in [-0.05, 0) is 31.0 Å². The van der Waals surface area contributed by atoms with Gasteiger partial charge in [0.25, 0.3) is 0 Å². The van der Waals surface area contributed by atoms with Crippen LogP contribution >= 0.6 is 11.6 Å². The van der Waals surface area contributed by atoms with Crippen molar-refractivity contribution in [1.29, 1.82) is 0 Å². The van der Waals surface area contributed by atoms with Gasteiger partial charge < -0.3 is 9.47 Å². The second kappa shape index (κ2) is 4.27. The minimum absolute atomic E-state index is 0.0509. The highest BCUT2D eigenvalue weighted by Crippen LogP contribution is 2.41. The number of aryl methyl sites for hydroxylation is 2. The van der Waals surface area contributed by atoms with Gasteiger partial charge in [-0.2, -0.15) is 0 Å². The van der Waals surface area contributed by atoms with Crippen molar-refractivity contribution in [3.63, 3.8) is 0 Å². The van der Waals surface area contributed by atoms with Crippen LogP contribution in [0.4, 0.5) is 0 Å². The van der Waals surface area contributed by atoms with Gasteiger partial charge in [0.1, 0.15) is 5.75 Å². The zero-order valence-electron chi connectivity index (χ0n) is 9.97. The van der Waals surface area contributed by atoms with Crippen LogP contribution in [0.1, 0.15) is 16.7 Å². The minimum Gasteiger partial charge on any atom is -0.496 e. The molecule has 2 rings (SSSR count). The van der Waals surface area contributed by atoms with E-state index < -0.39 is 0 Å². The molecule has 1 aliphatic rings. The van der Waals surface area contributed by atoms with E-state index in [2.05, 4.69) is 26.0 Å². The molecule has 1 aromatic rings. The monoisotopic (exact) mass is 240 g/mol. The Kier molecular flexibility index (Phi) is 3.13.